The van der Waals surface area contributed by atoms with Crippen molar-refractivity contribution in [3.63, 3.8) is 0 Å². The third-order valence-electron chi connectivity index (χ3n) is 5.21. The van der Waals surface area contributed by atoms with Crippen molar-refractivity contribution in [3.8, 4) is 11.5 Å². The Labute approximate surface area is 273 Å². The molecule has 0 aliphatic heterocycles. The van der Waals surface area contributed by atoms with Gasteiger partial charge in [0.25, 0.3) is 0 Å². The Hall–Kier alpha value is -3.78. The summed E-state index contributed by atoms with van der Waals surface area (Å²) in [7, 11) is 0. The van der Waals surface area contributed by atoms with E-state index < -0.39 is 0 Å². The maximum Gasteiger partial charge on any atom is 0.118 e. The average molecular weight is 603 g/mol. The summed E-state index contributed by atoms with van der Waals surface area (Å²) in [4.78, 5) is 0. The molecule has 246 valence electrons. The number of unbranched alkanes of at least 4 members (excludes halogenated alkanes) is 9. The molecule has 0 radical (unpaired) electrons. The molecule has 0 bridgehead atoms. The standard InChI is InChI=1S/C18H30O.C6H6O.C6H6.4C3H6/c1-2-3-4-5-6-7-8-9-10-11-14-17-15-12-13-16-18(17)19;7-6-4-2-1-3-5-6;1-2-4-6-5-3-1;4*1-3-2/h12-13,15-16,19H,2-11,14H2,1H3;1-5,7H;1-6H;4*3H,1H2,2H3. The normalized spacial score (nSPS) is 8.30. The molecule has 0 aliphatic rings. The van der Waals surface area contributed by atoms with Gasteiger partial charge in [-0.25, -0.2) is 0 Å². The Morgan fingerprint density at radius 2 is 0.750 bits per heavy atom. The summed E-state index contributed by atoms with van der Waals surface area (Å²) < 4.78 is 0. The molecule has 0 unspecified atom stereocenters. The summed E-state index contributed by atoms with van der Waals surface area (Å²) in [6.45, 7) is 23.3. The Morgan fingerprint density at radius 3 is 1.07 bits per heavy atom. The van der Waals surface area contributed by atoms with Crippen LogP contribution < -0.4 is 0 Å². The smallest absolute Gasteiger partial charge is 0.118 e. The number of hydrogen-bond donors (Lipinski definition) is 2. The lowest BCUT2D eigenvalue weighted by Gasteiger charge is -2.04. The van der Waals surface area contributed by atoms with Crippen LogP contribution >= 0.6 is 0 Å². The van der Waals surface area contributed by atoms with Gasteiger partial charge in [-0.15, -0.1) is 26.3 Å². The molecular weight excluding hydrogens is 536 g/mol. The van der Waals surface area contributed by atoms with E-state index >= 15 is 0 Å². The van der Waals surface area contributed by atoms with Crippen molar-refractivity contribution >= 4 is 0 Å². The highest BCUT2D eigenvalue weighted by molar-refractivity contribution is 5.31. The van der Waals surface area contributed by atoms with Crippen LogP contribution in [0.5, 0.6) is 11.5 Å². The number of hydrogen-bond acceptors (Lipinski definition) is 2. The van der Waals surface area contributed by atoms with E-state index in [0.29, 0.717) is 11.5 Å². The Balaban J connectivity index is -0.000000260. The molecule has 0 fully saturated rings. The van der Waals surface area contributed by atoms with Gasteiger partial charge in [-0.05, 0) is 64.3 Å². The molecule has 3 aromatic carbocycles. The second kappa shape index (κ2) is 46.2. The first-order valence-electron chi connectivity index (χ1n) is 16.2. The van der Waals surface area contributed by atoms with Crippen LogP contribution in [0.1, 0.15) is 104 Å². The minimum Gasteiger partial charge on any atom is -0.508 e. The van der Waals surface area contributed by atoms with Crippen LogP contribution in [0.3, 0.4) is 0 Å². The molecule has 2 heteroatoms. The van der Waals surface area contributed by atoms with Crippen molar-refractivity contribution in [1.29, 1.82) is 0 Å². The molecule has 2 N–H and O–H groups in total. The van der Waals surface area contributed by atoms with E-state index in [2.05, 4.69) is 33.2 Å². The first-order chi connectivity index (χ1) is 21.4. The second-order valence-corrected chi connectivity index (χ2v) is 9.68. The van der Waals surface area contributed by atoms with Crippen LogP contribution in [0, 0.1) is 0 Å². The molecule has 0 spiro atoms. The maximum absolute atomic E-state index is 9.65. The molecule has 0 aliphatic carbocycles. The molecule has 3 aromatic rings. The van der Waals surface area contributed by atoms with Gasteiger partial charge in [0.15, 0.2) is 0 Å². The lowest BCUT2D eigenvalue weighted by molar-refractivity contribution is 0.466. The number of para-hydroxylation sites is 2. The largest absolute Gasteiger partial charge is 0.508 e. The highest BCUT2D eigenvalue weighted by atomic mass is 16.3. The SMILES string of the molecule is C=CC.C=CC.C=CC.C=CC.CCCCCCCCCCCCc1ccccc1O.Oc1ccccc1.c1ccccc1. The van der Waals surface area contributed by atoms with Gasteiger partial charge in [-0.1, -0.05) is 162 Å². The van der Waals surface area contributed by atoms with E-state index in [1.807, 2.05) is 88.4 Å². The van der Waals surface area contributed by atoms with E-state index in [9.17, 15) is 5.11 Å². The van der Waals surface area contributed by atoms with Crippen LogP contribution in [-0.4, -0.2) is 10.2 Å². The summed E-state index contributed by atoms with van der Waals surface area (Å²) in [6.07, 6.45) is 21.6. The van der Waals surface area contributed by atoms with Crippen molar-refractivity contribution in [2.24, 2.45) is 0 Å². The fourth-order valence-corrected chi connectivity index (χ4v) is 3.34. The van der Waals surface area contributed by atoms with Crippen LogP contribution in [0.4, 0.5) is 0 Å². The predicted octanol–water partition coefficient (Wildman–Crippen LogP) is 13.7. The van der Waals surface area contributed by atoms with E-state index in [1.54, 1.807) is 54.6 Å². The number of aryl methyl sites for hydroxylation is 1. The van der Waals surface area contributed by atoms with Crippen molar-refractivity contribution in [2.45, 2.75) is 105 Å². The van der Waals surface area contributed by atoms with Gasteiger partial charge in [0, 0.05) is 0 Å². The summed E-state index contributed by atoms with van der Waals surface area (Å²) in [6, 6.07) is 28.4. The van der Waals surface area contributed by atoms with E-state index in [4.69, 9.17) is 5.11 Å². The molecule has 3 rings (SSSR count). The molecule has 0 atom stereocenters. The van der Waals surface area contributed by atoms with Crippen LogP contribution in [0.15, 0.2) is 142 Å². The van der Waals surface area contributed by atoms with Gasteiger partial charge in [-0.3, -0.25) is 0 Å². The molecule has 0 amide bonds. The summed E-state index contributed by atoms with van der Waals surface area (Å²) >= 11 is 0. The molecule has 2 nitrogen and oxygen atoms in total. The highest BCUT2D eigenvalue weighted by Crippen LogP contribution is 2.19. The van der Waals surface area contributed by atoms with Crippen LogP contribution in [-0.2, 0) is 6.42 Å². The zero-order valence-corrected chi connectivity index (χ0v) is 29.0. The molecule has 0 saturated carbocycles. The first-order valence-corrected chi connectivity index (χ1v) is 16.2. The quantitative estimate of drug-likeness (QED) is 0.169. The molecule has 0 aromatic heterocycles. The van der Waals surface area contributed by atoms with Gasteiger partial charge in [0.05, 0.1) is 0 Å². The Morgan fingerprint density at radius 1 is 0.455 bits per heavy atom. The fraction of sp³-hybridized carbons (Fsp3) is 0.381. The predicted molar refractivity (Wildman–Crippen MR) is 202 cm³/mol. The van der Waals surface area contributed by atoms with Crippen molar-refractivity contribution in [2.75, 3.05) is 0 Å². The zero-order valence-electron chi connectivity index (χ0n) is 29.0. The first kappa shape index (κ1) is 47.2. The van der Waals surface area contributed by atoms with E-state index in [-0.39, 0.29) is 0 Å². The van der Waals surface area contributed by atoms with E-state index in [0.717, 1.165) is 12.0 Å². The third kappa shape index (κ3) is 48.0. The van der Waals surface area contributed by atoms with Gasteiger partial charge >= 0.3 is 0 Å². The molecule has 0 heterocycles. The topological polar surface area (TPSA) is 40.5 Å². The number of rotatable bonds is 11. The Bertz CT molecular complexity index is 882. The lowest BCUT2D eigenvalue weighted by Crippen LogP contribution is -1.87. The van der Waals surface area contributed by atoms with Crippen molar-refractivity contribution < 1.29 is 10.2 Å². The zero-order chi connectivity index (χ0) is 33.9. The van der Waals surface area contributed by atoms with Gasteiger partial charge in [0.1, 0.15) is 11.5 Å². The number of phenolic OH excluding ortho intramolecular Hbond substituents is 2. The molecule has 0 saturated heterocycles. The van der Waals surface area contributed by atoms with Gasteiger partial charge in [0.2, 0.25) is 0 Å². The minimum absolute atomic E-state index is 0.322. The number of phenols is 2. The van der Waals surface area contributed by atoms with E-state index in [1.165, 1.54) is 64.2 Å². The molecular formula is C42H66O2. The van der Waals surface area contributed by atoms with Crippen LogP contribution in [0.2, 0.25) is 0 Å². The summed E-state index contributed by atoms with van der Waals surface area (Å²) in [5.74, 6) is 0.779. The molecule has 44 heavy (non-hydrogen) atoms. The van der Waals surface area contributed by atoms with Crippen LogP contribution in [0.25, 0.3) is 0 Å². The van der Waals surface area contributed by atoms with Gasteiger partial charge in [-0.2, -0.15) is 0 Å². The number of aromatic hydroxyl groups is 2. The lowest BCUT2D eigenvalue weighted by atomic mass is 10.0. The fourth-order valence-electron chi connectivity index (χ4n) is 3.34. The van der Waals surface area contributed by atoms with Crippen molar-refractivity contribution in [1.82, 2.24) is 0 Å². The number of allylic oxidation sites excluding steroid dienone is 4. The maximum atomic E-state index is 9.65. The monoisotopic (exact) mass is 603 g/mol. The minimum atomic E-state index is 0.322. The third-order valence-corrected chi connectivity index (χ3v) is 5.21. The van der Waals surface area contributed by atoms with Gasteiger partial charge < -0.3 is 10.2 Å². The second-order valence-electron chi connectivity index (χ2n) is 9.68. The summed E-state index contributed by atoms with van der Waals surface area (Å²) in [5, 5.41) is 18.3. The summed E-state index contributed by atoms with van der Waals surface area (Å²) in [5.41, 5.74) is 1.10. The van der Waals surface area contributed by atoms with Crippen molar-refractivity contribution in [3.05, 3.63) is 147 Å². The number of benzene rings is 3. The Kier molecular flexibility index (Phi) is 49.5. The highest BCUT2D eigenvalue weighted by Gasteiger charge is 1.99. The average Bonchev–Trinajstić information content (AvgIpc) is 3.02.